The molecule has 0 atom stereocenters. The summed E-state index contributed by atoms with van der Waals surface area (Å²) >= 11 is 0. The molecule has 6 heteroatoms. The molecular weight excluding hydrogens is 258 g/mol. The SMILES string of the molecule is CN(C#N)C(=O)C1(NC(=O)OCc2ccccc2)CC1. The quantitative estimate of drug-likeness (QED) is 0.663. The fraction of sp³-hybridized carbons (Fsp3) is 0.357. The Morgan fingerprint density at radius 2 is 2.05 bits per heavy atom. The minimum absolute atomic E-state index is 0.144. The zero-order chi connectivity index (χ0) is 14.6. The summed E-state index contributed by atoms with van der Waals surface area (Å²) in [6.07, 6.45) is 2.14. The van der Waals surface area contributed by atoms with Crippen molar-refractivity contribution in [3.8, 4) is 6.19 Å². The molecule has 0 aliphatic heterocycles. The summed E-state index contributed by atoms with van der Waals surface area (Å²) in [5, 5.41) is 11.2. The molecule has 1 aromatic carbocycles. The Morgan fingerprint density at radius 3 is 2.60 bits per heavy atom. The molecule has 1 N–H and O–H groups in total. The van der Waals surface area contributed by atoms with Crippen LogP contribution in [-0.4, -0.2) is 29.5 Å². The van der Waals surface area contributed by atoms with Crippen molar-refractivity contribution >= 4 is 12.0 Å². The van der Waals surface area contributed by atoms with Crippen LogP contribution in [0.3, 0.4) is 0 Å². The van der Waals surface area contributed by atoms with Crippen LogP contribution in [0.15, 0.2) is 30.3 Å². The van der Waals surface area contributed by atoms with Crippen LogP contribution in [0, 0.1) is 11.5 Å². The molecule has 1 saturated carbocycles. The first-order valence-corrected chi connectivity index (χ1v) is 6.24. The number of rotatable bonds is 4. The van der Waals surface area contributed by atoms with Gasteiger partial charge in [-0.05, 0) is 18.4 Å². The molecule has 6 nitrogen and oxygen atoms in total. The molecule has 2 rings (SSSR count). The van der Waals surface area contributed by atoms with Crippen molar-refractivity contribution in [2.75, 3.05) is 7.05 Å². The second-order valence-corrected chi connectivity index (χ2v) is 4.73. The van der Waals surface area contributed by atoms with Gasteiger partial charge in [0.05, 0.1) is 0 Å². The van der Waals surface area contributed by atoms with Gasteiger partial charge in [0.2, 0.25) is 0 Å². The lowest BCUT2D eigenvalue weighted by atomic mass is 10.2. The molecule has 0 spiro atoms. The van der Waals surface area contributed by atoms with Crippen LogP contribution < -0.4 is 5.32 Å². The zero-order valence-corrected chi connectivity index (χ0v) is 11.1. The van der Waals surface area contributed by atoms with Gasteiger partial charge in [0, 0.05) is 7.05 Å². The van der Waals surface area contributed by atoms with Crippen molar-refractivity contribution in [3.05, 3.63) is 35.9 Å². The molecule has 1 aliphatic carbocycles. The molecule has 0 radical (unpaired) electrons. The van der Waals surface area contributed by atoms with Gasteiger partial charge in [0.25, 0.3) is 5.91 Å². The molecule has 0 aromatic heterocycles. The molecule has 1 fully saturated rings. The summed E-state index contributed by atoms with van der Waals surface area (Å²) in [5.74, 6) is -0.406. The predicted molar refractivity (Wildman–Crippen MR) is 70.1 cm³/mol. The molecule has 20 heavy (non-hydrogen) atoms. The topological polar surface area (TPSA) is 82.4 Å². The summed E-state index contributed by atoms with van der Waals surface area (Å²) in [7, 11) is 1.37. The van der Waals surface area contributed by atoms with Gasteiger partial charge in [-0.1, -0.05) is 30.3 Å². The number of benzene rings is 1. The Morgan fingerprint density at radius 1 is 1.40 bits per heavy atom. The number of alkyl carbamates (subject to hydrolysis) is 1. The van der Waals surface area contributed by atoms with Crippen LogP contribution in [0.25, 0.3) is 0 Å². The van der Waals surface area contributed by atoms with Crippen LogP contribution in [0.5, 0.6) is 0 Å². The number of carbonyl (C=O) groups is 2. The number of nitrogens with zero attached hydrogens (tertiary/aromatic N) is 2. The summed E-state index contributed by atoms with van der Waals surface area (Å²) < 4.78 is 5.06. The molecule has 0 heterocycles. The van der Waals surface area contributed by atoms with E-state index in [1.165, 1.54) is 7.05 Å². The highest BCUT2D eigenvalue weighted by atomic mass is 16.5. The maximum Gasteiger partial charge on any atom is 0.408 e. The molecule has 0 saturated heterocycles. The van der Waals surface area contributed by atoms with Crippen molar-refractivity contribution in [1.82, 2.24) is 10.2 Å². The number of nitrogens with one attached hydrogen (secondary N) is 1. The average Bonchev–Trinajstić information content (AvgIpc) is 3.25. The van der Waals surface area contributed by atoms with E-state index in [1.807, 2.05) is 30.3 Å². The summed E-state index contributed by atoms with van der Waals surface area (Å²) in [5.41, 5.74) is -0.0916. The minimum Gasteiger partial charge on any atom is -0.445 e. The Bertz CT molecular complexity index is 547. The number of hydrogen-bond acceptors (Lipinski definition) is 4. The fourth-order valence-electron chi connectivity index (χ4n) is 1.84. The third-order valence-electron chi connectivity index (χ3n) is 3.17. The van der Waals surface area contributed by atoms with Gasteiger partial charge in [0.15, 0.2) is 6.19 Å². The number of nitriles is 1. The first kappa shape index (κ1) is 13.9. The molecule has 0 unspecified atom stereocenters. The molecular formula is C14H15N3O3. The Kier molecular flexibility index (Phi) is 3.89. The first-order valence-electron chi connectivity index (χ1n) is 6.24. The number of carbonyl (C=O) groups excluding carboxylic acids is 2. The van der Waals surface area contributed by atoms with E-state index < -0.39 is 17.5 Å². The molecule has 1 aromatic rings. The highest BCUT2D eigenvalue weighted by Gasteiger charge is 2.53. The van der Waals surface area contributed by atoms with Crippen LogP contribution in [0.4, 0.5) is 4.79 Å². The molecule has 104 valence electrons. The smallest absolute Gasteiger partial charge is 0.408 e. The standard InChI is InChI=1S/C14H15N3O3/c1-17(10-15)12(18)14(7-8-14)16-13(19)20-9-11-5-3-2-4-6-11/h2-6H,7-9H2,1H3,(H,16,19). The average molecular weight is 273 g/mol. The Balaban J connectivity index is 1.86. The first-order chi connectivity index (χ1) is 9.57. The normalized spacial score (nSPS) is 14.8. The third-order valence-corrected chi connectivity index (χ3v) is 3.17. The maximum atomic E-state index is 11.9. The summed E-state index contributed by atoms with van der Waals surface area (Å²) in [4.78, 5) is 24.5. The maximum absolute atomic E-state index is 11.9. The van der Waals surface area contributed by atoms with Crippen LogP contribution in [0.1, 0.15) is 18.4 Å². The molecule has 0 bridgehead atoms. The monoisotopic (exact) mass is 273 g/mol. The van der Waals surface area contributed by atoms with E-state index in [1.54, 1.807) is 6.19 Å². The van der Waals surface area contributed by atoms with Gasteiger partial charge in [-0.2, -0.15) is 5.26 Å². The van der Waals surface area contributed by atoms with E-state index in [-0.39, 0.29) is 6.61 Å². The molecule has 1 aliphatic rings. The lowest BCUT2D eigenvalue weighted by molar-refractivity contribution is -0.130. The van der Waals surface area contributed by atoms with Crippen LogP contribution in [-0.2, 0) is 16.1 Å². The van der Waals surface area contributed by atoms with Gasteiger partial charge in [-0.15, -0.1) is 0 Å². The second-order valence-electron chi connectivity index (χ2n) is 4.73. The lowest BCUT2D eigenvalue weighted by Gasteiger charge is -2.18. The second kappa shape index (κ2) is 5.61. The number of amides is 2. The van der Waals surface area contributed by atoms with E-state index in [4.69, 9.17) is 10.00 Å². The fourth-order valence-corrected chi connectivity index (χ4v) is 1.84. The van der Waals surface area contributed by atoms with Crippen molar-refractivity contribution in [1.29, 1.82) is 5.26 Å². The van der Waals surface area contributed by atoms with Gasteiger partial charge >= 0.3 is 6.09 Å². The number of ether oxygens (including phenoxy) is 1. The van der Waals surface area contributed by atoms with Crippen molar-refractivity contribution < 1.29 is 14.3 Å². The number of likely N-dealkylation sites (N-methyl/N-ethyl adjacent to an activating group) is 1. The van der Waals surface area contributed by atoms with E-state index in [2.05, 4.69) is 5.32 Å². The summed E-state index contributed by atoms with van der Waals surface area (Å²) in [6, 6.07) is 9.26. The van der Waals surface area contributed by atoms with Crippen molar-refractivity contribution in [2.24, 2.45) is 0 Å². The zero-order valence-electron chi connectivity index (χ0n) is 11.1. The van der Waals surface area contributed by atoms with Crippen LogP contribution in [0.2, 0.25) is 0 Å². The Labute approximate surface area is 116 Å². The minimum atomic E-state index is -0.960. The highest BCUT2D eigenvalue weighted by molar-refractivity contribution is 5.93. The van der Waals surface area contributed by atoms with Crippen molar-refractivity contribution in [2.45, 2.75) is 25.0 Å². The predicted octanol–water partition coefficient (Wildman–Crippen LogP) is 1.38. The largest absolute Gasteiger partial charge is 0.445 e. The van der Waals surface area contributed by atoms with E-state index in [0.717, 1.165) is 10.5 Å². The third kappa shape index (κ3) is 3.06. The highest BCUT2D eigenvalue weighted by Crippen LogP contribution is 2.37. The van der Waals surface area contributed by atoms with E-state index in [9.17, 15) is 9.59 Å². The van der Waals surface area contributed by atoms with Gasteiger partial charge in [-0.25, -0.2) is 4.79 Å². The Hall–Kier alpha value is -2.55. The van der Waals surface area contributed by atoms with E-state index >= 15 is 0 Å². The van der Waals surface area contributed by atoms with E-state index in [0.29, 0.717) is 12.8 Å². The summed E-state index contributed by atoms with van der Waals surface area (Å²) in [6.45, 7) is 0.144. The molecule has 2 amide bonds. The number of hydrogen-bond donors (Lipinski definition) is 1. The van der Waals surface area contributed by atoms with Gasteiger partial charge in [-0.3, -0.25) is 9.69 Å². The van der Waals surface area contributed by atoms with Crippen molar-refractivity contribution in [3.63, 3.8) is 0 Å². The van der Waals surface area contributed by atoms with Crippen LogP contribution >= 0.6 is 0 Å². The van der Waals surface area contributed by atoms with Gasteiger partial charge in [0.1, 0.15) is 12.1 Å². The van der Waals surface area contributed by atoms with Gasteiger partial charge < -0.3 is 10.1 Å². The lowest BCUT2D eigenvalue weighted by Crippen LogP contribution is -2.48.